The summed E-state index contributed by atoms with van der Waals surface area (Å²) in [6, 6.07) is 8.16. The molecular weight excluding hydrogens is 234 g/mol. The molecule has 0 bridgehead atoms. The maximum Gasteiger partial charge on any atom is 0.0465 e. The number of benzene rings is 1. The monoisotopic (exact) mass is 255 g/mol. The van der Waals surface area contributed by atoms with E-state index >= 15 is 0 Å². The number of methoxy groups -OCH3 is 1. The van der Waals surface area contributed by atoms with E-state index in [-0.39, 0.29) is 0 Å². The molecule has 0 aliphatic carbocycles. The average molecular weight is 256 g/mol. The molecule has 0 spiro atoms. The minimum absolute atomic E-state index is 0.507. The Morgan fingerprint density at radius 2 is 1.94 bits per heavy atom. The minimum Gasteiger partial charge on any atom is -0.385 e. The third-order valence-electron chi connectivity index (χ3n) is 3.19. The molecule has 0 saturated heterocycles. The molecule has 1 aromatic rings. The third-order valence-corrected chi connectivity index (χ3v) is 3.44. The van der Waals surface area contributed by atoms with E-state index in [1.807, 2.05) is 19.2 Å². The molecule has 2 unspecified atom stereocenters. The van der Waals surface area contributed by atoms with Crippen molar-refractivity contribution in [2.24, 2.45) is 5.92 Å². The lowest BCUT2D eigenvalue weighted by Crippen LogP contribution is -2.23. The van der Waals surface area contributed by atoms with Gasteiger partial charge in [-0.05, 0) is 43.0 Å². The fourth-order valence-corrected chi connectivity index (χ4v) is 2.21. The quantitative estimate of drug-likeness (QED) is 0.807. The summed E-state index contributed by atoms with van der Waals surface area (Å²) in [6.45, 7) is 4.07. The van der Waals surface area contributed by atoms with Crippen LogP contribution >= 0.6 is 11.6 Å². The highest BCUT2D eigenvalue weighted by Crippen LogP contribution is 2.27. The zero-order valence-corrected chi connectivity index (χ0v) is 11.6. The van der Waals surface area contributed by atoms with Crippen LogP contribution in [0.5, 0.6) is 0 Å². The molecule has 0 aromatic heterocycles. The molecule has 0 aliphatic heterocycles. The van der Waals surface area contributed by atoms with E-state index in [1.54, 1.807) is 7.11 Å². The van der Waals surface area contributed by atoms with Crippen LogP contribution < -0.4 is 5.32 Å². The van der Waals surface area contributed by atoms with E-state index < -0.39 is 0 Å². The van der Waals surface area contributed by atoms with Gasteiger partial charge < -0.3 is 10.1 Å². The van der Waals surface area contributed by atoms with Crippen LogP contribution in [0.15, 0.2) is 24.3 Å². The predicted molar refractivity (Wildman–Crippen MR) is 73.8 cm³/mol. The van der Waals surface area contributed by atoms with Crippen molar-refractivity contribution < 1.29 is 4.74 Å². The lowest BCUT2D eigenvalue weighted by atomic mass is 9.85. The van der Waals surface area contributed by atoms with Crippen molar-refractivity contribution in [1.82, 2.24) is 5.32 Å². The molecule has 96 valence electrons. The Balaban J connectivity index is 2.73. The number of halogens is 1. The number of nitrogens with one attached hydrogen (secondary N) is 1. The fraction of sp³-hybridized carbons (Fsp3) is 0.571. The van der Waals surface area contributed by atoms with Crippen molar-refractivity contribution in [1.29, 1.82) is 0 Å². The second-order valence-electron chi connectivity index (χ2n) is 4.47. The standard InChI is InChI=1S/C14H22ClNO/c1-11(8-9-17-3)14(10-16-2)12-4-6-13(15)7-5-12/h4-7,11,14,16H,8-10H2,1-3H3. The van der Waals surface area contributed by atoms with Crippen LogP contribution in [0.3, 0.4) is 0 Å². The van der Waals surface area contributed by atoms with Crippen molar-refractivity contribution in [2.45, 2.75) is 19.3 Å². The Morgan fingerprint density at radius 1 is 1.29 bits per heavy atom. The number of hydrogen-bond donors (Lipinski definition) is 1. The van der Waals surface area contributed by atoms with E-state index in [9.17, 15) is 0 Å². The molecule has 1 rings (SSSR count). The summed E-state index contributed by atoms with van der Waals surface area (Å²) in [5.41, 5.74) is 1.34. The van der Waals surface area contributed by atoms with Crippen LogP contribution in [-0.2, 0) is 4.74 Å². The number of likely N-dealkylation sites (N-methyl/N-ethyl adjacent to an activating group) is 1. The Bertz CT molecular complexity index is 313. The van der Waals surface area contributed by atoms with Gasteiger partial charge in [0.2, 0.25) is 0 Å². The topological polar surface area (TPSA) is 21.3 Å². The van der Waals surface area contributed by atoms with Gasteiger partial charge in [0, 0.05) is 25.3 Å². The van der Waals surface area contributed by atoms with Crippen molar-refractivity contribution in [3.05, 3.63) is 34.9 Å². The molecule has 0 heterocycles. The first-order valence-corrected chi connectivity index (χ1v) is 6.45. The molecule has 17 heavy (non-hydrogen) atoms. The maximum absolute atomic E-state index is 5.92. The number of hydrogen-bond acceptors (Lipinski definition) is 2. The Labute approximate surface area is 109 Å². The second kappa shape index (κ2) is 7.70. The fourth-order valence-electron chi connectivity index (χ4n) is 2.08. The zero-order valence-electron chi connectivity index (χ0n) is 10.9. The van der Waals surface area contributed by atoms with Crippen LogP contribution in [0.4, 0.5) is 0 Å². The maximum atomic E-state index is 5.92. The van der Waals surface area contributed by atoms with Crippen LogP contribution in [0.1, 0.15) is 24.8 Å². The van der Waals surface area contributed by atoms with Crippen molar-refractivity contribution >= 4 is 11.6 Å². The molecule has 2 atom stereocenters. The van der Waals surface area contributed by atoms with Crippen molar-refractivity contribution in [2.75, 3.05) is 27.3 Å². The lowest BCUT2D eigenvalue weighted by molar-refractivity contribution is 0.174. The van der Waals surface area contributed by atoms with Gasteiger partial charge in [0.05, 0.1) is 0 Å². The van der Waals surface area contributed by atoms with Gasteiger partial charge in [-0.15, -0.1) is 0 Å². The molecule has 0 saturated carbocycles. The summed E-state index contributed by atoms with van der Waals surface area (Å²) in [4.78, 5) is 0. The summed E-state index contributed by atoms with van der Waals surface area (Å²) >= 11 is 5.92. The molecule has 1 N–H and O–H groups in total. The third kappa shape index (κ3) is 4.66. The summed E-state index contributed by atoms with van der Waals surface area (Å²) in [6.07, 6.45) is 1.07. The van der Waals surface area contributed by atoms with E-state index in [1.165, 1.54) is 5.56 Å². The highest BCUT2D eigenvalue weighted by Gasteiger charge is 2.18. The molecule has 0 amide bonds. The molecule has 2 nitrogen and oxygen atoms in total. The van der Waals surface area contributed by atoms with Gasteiger partial charge in [0.1, 0.15) is 0 Å². The van der Waals surface area contributed by atoms with Gasteiger partial charge in [0.15, 0.2) is 0 Å². The van der Waals surface area contributed by atoms with Gasteiger partial charge in [-0.25, -0.2) is 0 Å². The molecule has 0 radical (unpaired) electrons. The van der Waals surface area contributed by atoms with E-state index in [2.05, 4.69) is 24.4 Å². The highest BCUT2D eigenvalue weighted by atomic mass is 35.5. The predicted octanol–water partition coefficient (Wildman–Crippen LogP) is 3.32. The SMILES string of the molecule is CNCC(c1ccc(Cl)cc1)C(C)CCOC. The molecule has 3 heteroatoms. The van der Waals surface area contributed by atoms with Gasteiger partial charge in [-0.2, -0.15) is 0 Å². The van der Waals surface area contributed by atoms with Gasteiger partial charge in [-0.1, -0.05) is 30.7 Å². The largest absolute Gasteiger partial charge is 0.385 e. The Hall–Kier alpha value is -0.570. The average Bonchev–Trinajstić information content (AvgIpc) is 2.34. The second-order valence-corrected chi connectivity index (χ2v) is 4.91. The summed E-state index contributed by atoms with van der Waals surface area (Å²) in [5, 5.41) is 4.06. The zero-order chi connectivity index (χ0) is 12.7. The number of rotatable bonds is 7. The first-order valence-electron chi connectivity index (χ1n) is 6.08. The molecule has 0 aliphatic rings. The van der Waals surface area contributed by atoms with Crippen LogP contribution in [0.25, 0.3) is 0 Å². The summed E-state index contributed by atoms with van der Waals surface area (Å²) < 4.78 is 5.15. The van der Waals surface area contributed by atoms with Gasteiger partial charge >= 0.3 is 0 Å². The summed E-state index contributed by atoms with van der Waals surface area (Å²) in [5.74, 6) is 1.09. The normalized spacial score (nSPS) is 14.6. The first-order chi connectivity index (χ1) is 8.19. The van der Waals surface area contributed by atoms with E-state index in [4.69, 9.17) is 16.3 Å². The van der Waals surface area contributed by atoms with Crippen LogP contribution in [0, 0.1) is 5.92 Å². The smallest absolute Gasteiger partial charge is 0.0465 e. The minimum atomic E-state index is 0.507. The van der Waals surface area contributed by atoms with Crippen LogP contribution in [0.2, 0.25) is 5.02 Å². The summed E-state index contributed by atoms with van der Waals surface area (Å²) in [7, 11) is 3.74. The number of ether oxygens (including phenoxy) is 1. The molecule has 0 fully saturated rings. The molecular formula is C14H22ClNO. The van der Waals surface area contributed by atoms with Gasteiger partial charge in [-0.3, -0.25) is 0 Å². The Morgan fingerprint density at radius 3 is 2.47 bits per heavy atom. The first kappa shape index (κ1) is 14.5. The van der Waals surface area contributed by atoms with E-state index in [0.29, 0.717) is 11.8 Å². The molecule has 1 aromatic carbocycles. The lowest BCUT2D eigenvalue weighted by Gasteiger charge is -2.24. The Kier molecular flexibility index (Phi) is 6.56. The van der Waals surface area contributed by atoms with Crippen LogP contribution in [-0.4, -0.2) is 27.3 Å². The van der Waals surface area contributed by atoms with Gasteiger partial charge in [0.25, 0.3) is 0 Å². The highest BCUT2D eigenvalue weighted by molar-refractivity contribution is 6.30. The van der Waals surface area contributed by atoms with E-state index in [0.717, 1.165) is 24.6 Å². The van der Waals surface area contributed by atoms with Crippen molar-refractivity contribution in [3.8, 4) is 0 Å². The van der Waals surface area contributed by atoms with Crippen molar-refractivity contribution in [3.63, 3.8) is 0 Å².